The Morgan fingerprint density at radius 1 is 1.14 bits per heavy atom. The number of hydrogen-bond donors (Lipinski definition) is 2. The highest BCUT2D eigenvalue weighted by Gasteiger charge is 2.16. The molecule has 2 amide bonds. The molecule has 1 heterocycles. The minimum atomic E-state index is -0.765. The molecule has 1 atom stereocenters. The van der Waals surface area contributed by atoms with Gasteiger partial charge < -0.3 is 4.74 Å². The van der Waals surface area contributed by atoms with Gasteiger partial charge in [0.1, 0.15) is 10.8 Å². The third-order valence-electron chi connectivity index (χ3n) is 3.72. The van der Waals surface area contributed by atoms with E-state index in [0.29, 0.717) is 11.4 Å². The van der Waals surface area contributed by atoms with Crippen LogP contribution in [0.2, 0.25) is 0 Å². The number of carbonyl (C=O) groups is 2. The van der Waals surface area contributed by atoms with Gasteiger partial charge in [-0.15, -0.1) is 11.3 Å². The van der Waals surface area contributed by atoms with Crippen LogP contribution in [0.4, 0.5) is 0 Å². The molecule has 2 aromatic carbocycles. The Labute approximate surface area is 175 Å². The second-order valence-electron chi connectivity index (χ2n) is 5.94. The second-order valence-corrected chi connectivity index (χ2v) is 7.72. The van der Waals surface area contributed by atoms with Crippen LogP contribution in [0, 0.1) is 0 Å². The fourth-order valence-electron chi connectivity index (χ4n) is 2.34. The number of hydrazine groups is 1. The second kappa shape index (κ2) is 9.48. The van der Waals surface area contributed by atoms with Gasteiger partial charge >= 0.3 is 0 Å². The van der Waals surface area contributed by atoms with Crippen molar-refractivity contribution in [3.63, 3.8) is 0 Å². The highest BCUT2D eigenvalue weighted by atomic mass is 79.9. The lowest BCUT2D eigenvalue weighted by atomic mass is 10.2. The van der Waals surface area contributed by atoms with Gasteiger partial charge in [0.05, 0.1) is 12.1 Å². The lowest BCUT2D eigenvalue weighted by molar-refractivity contribution is -0.132. The van der Waals surface area contributed by atoms with E-state index >= 15 is 0 Å². The van der Waals surface area contributed by atoms with Gasteiger partial charge in [0.2, 0.25) is 5.91 Å². The van der Waals surface area contributed by atoms with Crippen LogP contribution in [0.1, 0.15) is 12.6 Å². The van der Waals surface area contributed by atoms with E-state index < -0.39 is 12.0 Å². The summed E-state index contributed by atoms with van der Waals surface area (Å²) in [5.74, 6) is -0.247. The normalized spacial score (nSPS) is 11.5. The molecule has 0 fully saturated rings. The van der Waals surface area contributed by atoms with E-state index in [9.17, 15) is 9.59 Å². The molecule has 0 aliphatic carbocycles. The van der Waals surface area contributed by atoms with E-state index in [4.69, 9.17) is 4.74 Å². The van der Waals surface area contributed by atoms with Crippen molar-refractivity contribution in [2.75, 3.05) is 0 Å². The van der Waals surface area contributed by atoms with E-state index in [1.165, 1.54) is 11.3 Å². The molecule has 0 saturated carbocycles. The number of benzene rings is 2. The quantitative estimate of drug-likeness (QED) is 0.550. The van der Waals surface area contributed by atoms with Crippen molar-refractivity contribution in [2.24, 2.45) is 0 Å². The van der Waals surface area contributed by atoms with Crippen LogP contribution in [0.5, 0.6) is 5.75 Å². The maximum atomic E-state index is 12.1. The summed E-state index contributed by atoms with van der Waals surface area (Å²) in [5, 5.41) is 2.69. The molecular weight excluding hydrogens is 442 g/mol. The Hall–Kier alpha value is -2.71. The summed E-state index contributed by atoms with van der Waals surface area (Å²) >= 11 is 4.82. The molecule has 3 aromatic rings. The molecule has 1 unspecified atom stereocenters. The zero-order valence-corrected chi connectivity index (χ0v) is 17.4. The molecule has 1 aromatic heterocycles. The SMILES string of the molecule is CC(Oc1cccc(Br)c1)C(=O)NNC(=O)Cc1csc(-c2ccccc2)n1. The van der Waals surface area contributed by atoms with Crippen molar-refractivity contribution in [2.45, 2.75) is 19.4 Å². The number of aromatic nitrogens is 1. The Morgan fingerprint density at radius 3 is 2.68 bits per heavy atom. The lowest BCUT2D eigenvalue weighted by Crippen LogP contribution is -2.47. The lowest BCUT2D eigenvalue weighted by Gasteiger charge is -2.15. The molecule has 2 N–H and O–H groups in total. The Bertz CT molecular complexity index is 962. The van der Waals surface area contributed by atoms with Crippen LogP contribution < -0.4 is 15.6 Å². The summed E-state index contributed by atoms with van der Waals surface area (Å²) < 4.78 is 6.41. The Kier molecular flexibility index (Phi) is 6.78. The first-order valence-electron chi connectivity index (χ1n) is 8.52. The van der Waals surface area contributed by atoms with Gasteiger partial charge in [0.25, 0.3) is 5.91 Å². The number of nitrogens with one attached hydrogen (secondary N) is 2. The first-order chi connectivity index (χ1) is 13.5. The number of rotatable bonds is 6. The van der Waals surface area contributed by atoms with Gasteiger partial charge in [0.15, 0.2) is 6.10 Å². The largest absolute Gasteiger partial charge is 0.481 e. The number of ether oxygens (including phenoxy) is 1. The zero-order chi connectivity index (χ0) is 19.9. The molecule has 0 aliphatic heterocycles. The van der Waals surface area contributed by atoms with Crippen LogP contribution in [-0.2, 0) is 16.0 Å². The molecule has 0 radical (unpaired) electrons. The highest BCUT2D eigenvalue weighted by Crippen LogP contribution is 2.23. The summed E-state index contributed by atoms with van der Waals surface area (Å²) in [7, 11) is 0. The van der Waals surface area contributed by atoms with E-state index in [1.807, 2.05) is 47.8 Å². The number of thiazole rings is 1. The standard InChI is InChI=1S/C20H18BrN3O3S/c1-13(27-17-9-5-8-15(21)10-17)19(26)24-23-18(25)11-16-12-28-20(22-16)14-6-3-2-4-7-14/h2-10,12-13H,11H2,1H3,(H,23,25)(H,24,26). The Balaban J connectivity index is 1.47. The van der Waals surface area contributed by atoms with Crippen LogP contribution in [0.3, 0.4) is 0 Å². The van der Waals surface area contributed by atoms with Gasteiger partial charge in [-0.2, -0.15) is 0 Å². The molecule has 6 nitrogen and oxygen atoms in total. The maximum absolute atomic E-state index is 12.1. The Morgan fingerprint density at radius 2 is 1.93 bits per heavy atom. The van der Waals surface area contributed by atoms with Crippen molar-refractivity contribution in [3.05, 3.63) is 70.1 Å². The monoisotopic (exact) mass is 459 g/mol. The summed E-state index contributed by atoms with van der Waals surface area (Å²) in [6.07, 6.45) is -0.691. The van der Waals surface area contributed by atoms with Crippen LogP contribution >= 0.6 is 27.3 Å². The van der Waals surface area contributed by atoms with Crippen molar-refractivity contribution < 1.29 is 14.3 Å². The average Bonchev–Trinajstić information content (AvgIpc) is 3.15. The van der Waals surface area contributed by atoms with Gasteiger partial charge in [-0.1, -0.05) is 52.3 Å². The van der Waals surface area contributed by atoms with Crippen molar-refractivity contribution >= 4 is 39.1 Å². The first kappa shape index (κ1) is 20.0. The fourth-order valence-corrected chi connectivity index (χ4v) is 3.55. The molecule has 0 spiro atoms. The molecule has 8 heteroatoms. The van der Waals surface area contributed by atoms with E-state index in [-0.39, 0.29) is 12.3 Å². The summed E-state index contributed by atoms with van der Waals surface area (Å²) in [6, 6.07) is 16.9. The van der Waals surface area contributed by atoms with Crippen LogP contribution in [-0.4, -0.2) is 22.9 Å². The summed E-state index contributed by atoms with van der Waals surface area (Å²) in [6.45, 7) is 1.61. The number of hydrogen-bond acceptors (Lipinski definition) is 5. The maximum Gasteiger partial charge on any atom is 0.279 e. The predicted molar refractivity (Wildman–Crippen MR) is 112 cm³/mol. The number of halogens is 1. The number of amides is 2. The third kappa shape index (κ3) is 5.64. The van der Waals surface area contributed by atoms with E-state index in [0.717, 1.165) is 15.0 Å². The summed E-state index contributed by atoms with van der Waals surface area (Å²) in [5.41, 5.74) is 6.42. The smallest absolute Gasteiger partial charge is 0.279 e. The van der Waals surface area contributed by atoms with E-state index in [2.05, 4.69) is 31.8 Å². The minimum Gasteiger partial charge on any atom is -0.481 e. The third-order valence-corrected chi connectivity index (χ3v) is 5.15. The molecule has 0 bridgehead atoms. The number of nitrogens with zero attached hydrogens (tertiary/aromatic N) is 1. The zero-order valence-electron chi connectivity index (χ0n) is 15.0. The molecule has 144 valence electrons. The first-order valence-corrected chi connectivity index (χ1v) is 10.2. The molecule has 28 heavy (non-hydrogen) atoms. The van der Waals surface area contributed by atoms with Gasteiger partial charge in [-0.25, -0.2) is 4.98 Å². The van der Waals surface area contributed by atoms with Crippen molar-refractivity contribution in [3.8, 4) is 16.3 Å². The van der Waals surface area contributed by atoms with Crippen molar-refractivity contribution in [1.29, 1.82) is 0 Å². The molecule has 3 rings (SSSR count). The van der Waals surface area contributed by atoms with Crippen LogP contribution in [0.15, 0.2) is 64.5 Å². The van der Waals surface area contributed by atoms with Crippen LogP contribution in [0.25, 0.3) is 10.6 Å². The molecular formula is C20H18BrN3O3S. The van der Waals surface area contributed by atoms with Gasteiger partial charge in [0, 0.05) is 15.4 Å². The summed E-state index contributed by atoms with van der Waals surface area (Å²) in [4.78, 5) is 28.6. The van der Waals surface area contributed by atoms with Gasteiger partial charge in [-0.3, -0.25) is 20.4 Å². The molecule has 0 saturated heterocycles. The van der Waals surface area contributed by atoms with Gasteiger partial charge in [-0.05, 0) is 25.1 Å². The van der Waals surface area contributed by atoms with Crippen molar-refractivity contribution in [1.82, 2.24) is 15.8 Å². The average molecular weight is 460 g/mol. The molecule has 0 aliphatic rings. The topological polar surface area (TPSA) is 80.3 Å². The predicted octanol–water partition coefficient (Wildman–Crippen LogP) is 3.73. The fraction of sp³-hybridized carbons (Fsp3) is 0.150. The number of carbonyl (C=O) groups excluding carboxylic acids is 2. The highest BCUT2D eigenvalue weighted by molar-refractivity contribution is 9.10. The minimum absolute atomic E-state index is 0.0739. The van der Waals surface area contributed by atoms with E-state index in [1.54, 1.807) is 19.1 Å².